The zero-order valence-electron chi connectivity index (χ0n) is 18.4. The number of ether oxygens (including phenoxy) is 3. The number of halogens is 2. The van der Waals surface area contributed by atoms with Crippen LogP contribution in [0.4, 0.5) is 10.1 Å². The summed E-state index contributed by atoms with van der Waals surface area (Å²) in [6.45, 7) is 3.81. The first kappa shape index (κ1) is 24.7. The third-order valence-electron chi connectivity index (χ3n) is 4.68. The highest BCUT2D eigenvalue weighted by Crippen LogP contribution is 2.46. The van der Waals surface area contributed by atoms with E-state index in [0.29, 0.717) is 22.3 Å². The third kappa shape index (κ3) is 6.11. The van der Waals surface area contributed by atoms with Crippen LogP contribution in [0.25, 0.3) is 10.4 Å². The SMILES string of the molecule is CCOC(=O)COc1c(C(=O)OC)sc(-c2cccc(CNc3ccc(C)c(F)c3)c2)c1Br. The molecule has 174 valence electrons. The van der Waals surface area contributed by atoms with E-state index in [4.69, 9.17) is 14.2 Å². The van der Waals surface area contributed by atoms with Crippen LogP contribution in [-0.4, -0.2) is 32.3 Å². The molecule has 2 aromatic carbocycles. The molecule has 0 bridgehead atoms. The Kier molecular flexibility index (Phi) is 8.46. The van der Waals surface area contributed by atoms with E-state index in [-0.39, 0.29) is 29.7 Å². The third-order valence-corrected chi connectivity index (χ3v) is 6.90. The first-order valence-corrected chi connectivity index (χ1v) is 11.7. The number of aryl methyl sites for hydroxylation is 1. The van der Waals surface area contributed by atoms with Gasteiger partial charge in [-0.3, -0.25) is 0 Å². The number of carbonyl (C=O) groups excluding carboxylic acids is 2. The number of benzene rings is 2. The topological polar surface area (TPSA) is 73.9 Å². The Morgan fingerprint density at radius 1 is 1.18 bits per heavy atom. The molecule has 3 aromatic rings. The lowest BCUT2D eigenvalue weighted by Gasteiger charge is -2.09. The van der Waals surface area contributed by atoms with Crippen LogP contribution in [0.5, 0.6) is 5.75 Å². The molecule has 0 amide bonds. The van der Waals surface area contributed by atoms with Gasteiger partial charge in [0, 0.05) is 12.2 Å². The molecule has 3 rings (SSSR count). The quantitative estimate of drug-likeness (QED) is 0.340. The molecule has 0 fully saturated rings. The fraction of sp³-hybridized carbons (Fsp3) is 0.250. The van der Waals surface area contributed by atoms with Gasteiger partial charge >= 0.3 is 11.9 Å². The fourth-order valence-corrected chi connectivity index (χ4v) is 4.97. The van der Waals surface area contributed by atoms with E-state index < -0.39 is 11.9 Å². The van der Waals surface area contributed by atoms with Gasteiger partial charge in [-0.25, -0.2) is 14.0 Å². The number of methoxy groups -OCH3 is 1. The van der Waals surface area contributed by atoms with Gasteiger partial charge in [-0.05, 0) is 64.7 Å². The van der Waals surface area contributed by atoms with Gasteiger partial charge in [0.25, 0.3) is 0 Å². The smallest absolute Gasteiger partial charge is 0.351 e. The van der Waals surface area contributed by atoms with Gasteiger partial charge in [-0.2, -0.15) is 0 Å². The Morgan fingerprint density at radius 3 is 2.67 bits per heavy atom. The Balaban J connectivity index is 1.85. The maximum absolute atomic E-state index is 13.8. The minimum Gasteiger partial charge on any atom is -0.479 e. The first-order valence-electron chi connectivity index (χ1n) is 10.1. The Hall–Kier alpha value is -2.91. The van der Waals surface area contributed by atoms with Crippen molar-refractivity contribution in [2.24, 2.45) is 0 Å². The minimum absolute atomic E-state index is 0.230. The second kappa shape index (κ2) is 11.3. The summed E-state index contributed by atoms with van der Waals surface area (Å²) in [6, 6.07) is 12.7. The van der Waals surface area contributed by atoms with Crippen LogP contribution in [0.15, 0.2) is 46.9 Å². The van der Waals surface area contributed by atoms with Crippen LogP contribution in [0.1, 0.15) is 27.7 Å². The molecule has 0 spiro atoms. The number of anilines is 1. The predicted molar refractivity (Wildman–Crippen MR) is 129 cm³/mol. The van der Waals surface area contributed by atoms with Gasteiger partial charge in [0.05, 0.1) is 23.1 Å². The molecule has 1 aromatic heterocycles. The average Bonchev–Trinajstić information content (AvgIpc) is 3.14. The Bertz CT molecular complexity index is 1160. The molecule has 0 aliphatic carbocycles. The van der Waals surface area contributed by atoms with Crippen LogP contribution >= 0.6 is 27.3 Å². The normalized spacial score (nSPS) is 10.6. The highest BCUT2D eigenvalue weighted by Gasteiger charge is 2.25. The summed E-state index contributed by atoms with van der Waals surface area (Å²) < 4.78 is 29.7. The largest absolute Gasteiger partial charge is 0.479 e. The van der Waals surface area contributed by atoms with Crippen LogP contribution in [0.3, 0.4) is 0 Å². The molecule has 0 radical (unpaired) electrons. The van der Waals surface area contributed by atoms with Gasteiger partial charge in [0.1, 0.15) is 5.82 Å². The second-order valence-electron chi connectivity index (χ2n) is 7.01. The molecule has 0 unspecified atom stereocenters. The van der Waals surface area contributed by atoms with Crippen molar-refractivity contribution < 1.29 is 28.2 Å². The van der Waals surface area contributed by atoms with Crippen molar-refractivity contribution in [3.8, 4) is 16.2 Å². The van der Waals surface area contributed by atoms with Crippen molar-refractivity contribution in [1.29, 1.82) is 0 Å². The molecule has 0 saturated carbocycles. The molecule has 1 heterocycles. The zero-order chi connectivity index (χ0) is 24.0. The van der Waals surface area contributed by atoms with Crippen molar-refractivity contribution >= 4 is 44.9 Å². The number of hydrogen-bond donors (Lipinski definition) is 1. The molecular weight excluding hydrogens is 513 g/mol. The molecule has 0 aliphatic rings. The summed E-state index contributed by atoms with van der Waals surface area (Å²) in [5.74, 6) is -1.13. The van der Waals surface area contributed by atoms with Crippen LogP contribution < -0.4 is 10.1 Å². The molecule has 9 heteroatoms. The van der Waals surface area contributed by atoms with E-state index in [1.807, 2.05) is 30.3 Å². The van der Waals surface area contributed by atoms with Crippen LogP contribution in [0.2, 0.25) is 0 Å². The molecule has 33 heavy (non-hydrogen) atoms. The summed E-state index contributed by atoms with van der Waals surface area (Å²) in [7, 11) is 1.28. The van der Waals surface area contributed by atoms with E-state index >= 15 is 0 Å². The van der Waals surface area contributed by atoms with Gasteiger partial charge in [-0.1, -0.05) is 24.3 Å². The summed E-state index contributed by atoms with van der Waals surface area (Å²) in [5.41, 5.74) is 3.08. The van der Waals surface area contributed by atoms with E-state index in [1.165, 1.54) is 24.5 Å². The van der Waals surface area contributed by atoms with Crippen LogP contribution in [-0.2, 0) is 20.8 Å². The Labute approximate surface area is 203 Å². The molecule has 0 saturated heterocycles. The van der Waals surface area contributed by atoms with Gasteiger partial charge < -0.3 is 19.5 Å². The van der Waals surface area contributed by atoms with Crippen molar-refractivity contribution in [1.82, 2.24) is 0 Å². The fourth-order valence-electron chi connectivity index (χ4n) is 3.00. The van der Waals surface area contributed by atoms with E-state index in [9.17, 15) is 14.0 Å². The highest BCUT2D eigenvalue weighted by atomic mass is 79.9. The standard InChI is InChI=1S/C24H23BrFNO5S/c1-4-31-19(28)13-32-21-20(25)22(33-23(21)24(29)30-3)16-7-5-6-15(10-16)12-27-17-9-8-14(2)18(26)11-17/h5-11,27H,4,12-13H2,1-3H3. The number of hydrogen-bond acceptors (Lipinski definition) is 7. The molecule has 0 aliphatic heterocycles. The highest BCUT2D eigenvalue weighted by molar-refractivity contribution is 9.10. The number of thiophene rings is 1. The van der Waals surface area contributed by atoms with Crippen molar-refractivity contribution in [2.75, 3.05) is 25.6 Å². The Morgan fingerprint density at radius 2 is 1.97 bits per heavy atom. The average molecular weight is 536 g/mol. The lowest BCUT2D eigenvalue weighted by Crippen LogP contribution is -2.15. The van der Waals surface area contributed by atoms with Gasteiger partial charge in [0.2, 0.25) is 0 Å². The first-order chi connectivity index (χ1) is 15.8. The predicted octanol–water partition coefficient (Wildman–Crippen LogP) is 5.97. The molecule has 6 nitrogen and oxygen atoms in total. The van der Waals surface area contributed by atoms with Gasteiger partial charge in [-0.15, -0.1) is 11.3 Å². The monoisotopic (exact) mass is 535 g/mol. The van der Waals surface area contributed by atoms with Crippen molar-refractivity contribution in [3.05, 3.63) is 68.8 Å². The van der Waals surface area contributed by atoms with Crippen molar-refractivity contribution in [3.63, 3.8) is 0 Å². The maximum Gasteiger partial charge on any atom is 0.351 e. The van der Waals surface area contributed by atoms with E-state index in [0.717, 1.165) is 16.0 Å². The maximum atomic E-state index is 13.8. The lowest BCUT2D eigenvalue weighted by molar-refractivity contribution is -0.145. The second-order valence-corrected chi connectivity index (χ2v) is 8.82. The summed E-state index contributed by atoms with van der Waals surface area (Å²) in [6.07, 6.45) is 0. The number of carbonyl (C=O) groups is 2. The zero-order valence-corrected chi connectivity index (χ0v) is 20.8. The van der Waals surface area contributed by atoms with Crippen molar-refractivity contribution in [2.45, 2.75) is 20.4 Å². The molecule has 1 N–H and O–H groups in total. The van der Waals surface area contributed by atoms with E-state index in [2.05, 4.69) is 21.2 Å². The minimum atomic E-state index is -0.565. The lowest BCUT2D eigenvalue weighted by atomic mass is 10.1. The number of esters is 2. The van der Waals surface area contributed by atoms with Crippen LogP contribution in [0, 0.1) is 12.7 Å². The molecular formula is C24H23BrFNO5S. The molecule has 0 atom stereocenters. The summed E-state index contributed by atoms with van der Waals surface area (Å²) in [5, 5.41) is 3.21. The summed E-state index contributed by atoms with van der Waals surface area (Å²) in [4.78, 5) is 25.0. The van der Waals surface area contributed by atoms with Gasteiger partial charge in [0.15, 0.2) is 17.2 Å². The number of rotatable bonds is 9. The number of nitrogens with one attached hydrogen (secondary N) is 1. The van der Waals surface area contributed by atoms with E-state index in [1.54, 1.807) is 19.9 Å². The summed E-state index contributed by atoms with van der Waals surface area (Å²) >= 11 is 4.70.